The summed E-state index contributed by atoms with van der Waals surface area (Å²) in [6.45, 7) is 1.92. The summed E-state index contributed by atoms with van der Waals surface area (Å²) in [6.07, 6.45) is 0.972. The number of hydrogen-bond acceptors (Lipinski definition) is 5. The molecule has 0 saturated carbocycles. The molecule has 0 bridgehead atoms. The van der Waals surface area contributed by atoms with E-state index in [-0.39, 0.29) is 17.1 Å². The summed E-state index contributed by atoms with van der Waals surface area (Å²) in [5, 5.41) is 13.5. The zero-order chi connectivity index (χ0) is 14.7. The van der Waals surface area contributed by atoms with Gasteiger partial charge in [0.2, 0.25) is 0 Å². The van der Waals surface area contributed by atoms with Crippen molar-refractivity contribution in [2.75, 3.05) is 11.1 Å². The molecule has 0 aliphatic rings. The number of aromatic nitrogens is 1. The normalized spacial score (nSPS) is 10.1. The summed E-state index contributed by atoms with van der Waals surface area (Å²) >= 11 is 0. The first-order chi connectivity index (χ1) is 9.47. The summed E-state index contributed by atoms with van der Waals surface area (Å²) in [4.78, 5) is 25.9. The highest BCUT2D eigenvalue weighted by atomic mass is 16.6. The fraction of sp³-hybridized carbons (Fsp3) is 0.0769. The standard InChI is InChI=1S/C13H12N4O3/c1-8-2-4-9(5-3-8)16-13(18)10-6-12(14)15-7-11(10)17(19)20/h2-7H,1H3,(H2,14,15)(H,16,18). The van der Waals surface area contributed by atoms with E-state index in [1.807, 2.05) is 19.1 Å². The van der Waals surface area contributed by atoms with Crippen molar-refractivity contribution in [1.82, 2.24) is 4.98 Å². The Bertz CT molecular complexity index is 668. The molecular formula is C13H12N4O3. The smallest absolute Gasteiger partial charge is 0.300 e. The molecule has 0 aliphatic carbocycles. The minimum Gasteiger partial charge on any atom is -0.384 e. The molecule has 0 unspecified atom stereocenters. The van der Waals surface area contributed by atoms with Crippen LogP contribution in [0.15, 0.2) is 36.5 Å². The lowest BCUT2D eigenvalue weighted by molar-refractivity contribution is -0.385. The third kappa shape index (κ3) is 2.89. The zero-order valence-corrected chi connectivity index (χ0v) is 10.7. The number of pyridine rings is 1. The van der Waals surface area contributed by atoms with E-state index in [0.717, 1.165) is 11.8 Å². The highest BCUT2D eigenvalue weighted by Crippen LogP contribution is 2.20. The third-order valence-corrected chi connectivity index (χ3v) is 2.65. The number of carbonyl (C=O) groups excluding carboxylic acids is 1. The zero-order valence-electron chi connectivity index (χ0n) is 10.7. The number of nitro groups is 1. The number of benzene rings is 1. The number of hydrogen-bond donors (Lipinski definition) is 2. The number of nitrogens with one attached hydrogen (secondary N) is 1. The number of aryl methyl sites for hydroxylation is 1. The number of carbonyl (C=O) groups is 1. The molecule has 2 aromatic rings. The van der Waals surface area contributed by atoms with Crippen molar-refractivity contribution < 1.29 is 9.72 Å². The largest absolute Gasteiger partial charge is 0.384 e. The average Bonchev–Trinajstić information content (AvgIpc) is 2.41. The van der Waals surface area contributed by atoms with Crippen LogP contribution in [0.2, 0.25) is 0 Å². The monoisotopic (exact) mass is 272 g/mol. The van der Waals surface area contributed by atoms with Crippen molar-refractivity contribution >= 4 is 23.1 Å². The maximum absolute atomic E-state index is 12.1. The Morgan fingerprint density at radius 1 is 1.35 bits per heavy atom. The Labute approximate surface area is 114 Å². The lowest BCUT2D eigenvalue weighted by atomic mass is 10.2. The number of amides is 1. The molecule has 1 aromatic heterocycles. The van der Waals surface area contributed by atoms with Gasteiger partial charge in [0.05, 0.1) is 4.92 Å². The predicted octanol–water partition coefficient (Wildman–Crippen LogP) is 2.13. The van der Waals surface area contributed by atoms with Gasteiger partial charge in [-0.25, -0.2) is 4.98 Å². The van der Waals surface area contributed by atoms with Gasteiger partial charge in [0.1, 0.15) is 17.6 Å². The SMILES string of the molecule is Cc1ccc(NC(=O)c2cc(N)ncc2[N+](=O)[O-])cc1. The van der Waals surface area contributed by atoms with E-state index in [0.29, 0.717) is 5.69 Å². The van der Waals surface area contributed by atoms with Crippen molar-refractivity contribution in [2.24, 2.45) is 0 Å². The molecule has 2 rings (SSSR count). The Kier molecular flexibility index (Phi) is 3.60. The second-order valence-electron chi connectivity index (χ2n) is 4.20. The minimum absolute atomic E-state index is 0.0460. The summed E-state index contributed by atoms with van der Waals surface area (Å²) < 4.78 is 0. The molecule has 1 heterocycles. The molecule has 3 N–H and O–H groups in total. The van der Waals surface area contributed by atoms with Crippen molar-refractivity contribution in [3.63, 3.8) is 0 Å². The molecule has 20 heavy (non-hydrogen) atoms. The van der Waals surface area contributed by atoms with Gasteiger partial charge in [-0.15, -0.1) is 0 Å². The summed E-state index contributed by atoms with van der Waals surface area (Å²) in [6, 6.07) is 8.25. The van der Waals surface area contributed by atoms with Gasteiger partial charge < -0.3 is 11.1 Å². The maximum Gasteiger partial charge on any atom is 0.300 e. The number of nitrogens with zero attached hydrogens (tertiary/aromatic N) is 2. The first-order valence-corrected chi connectivity index (χ1v) is 5.75. The van der Waals surface area contributed by atoms with Crippen LogP contribution in [0.5, 0.6) is 0 Å². The van der Waals surface area contributed by atoms with Crippen LogP contribution in [0, 0.1) is 17.0 Å². The molecular weight excluding hydrogens is 260 g/mol. The fourth-order valence-corrected chi connectivity index (χ4v) is 1.63. The summed E-state index contributed by atoms with van der Waals surface area (Å²) in [7, 11) is 0. The van der Waals surface area contributed by atoms with E-state index in [1.54, 1.807) is 12.1 Å². The van der Waals surface area contributed by atoms with Gasteiger partial charge in [-0.3, -0.25) is 14.9 Å². The van der Waals surface area contributed by atoms with E-state index in [4.69, 9.17) is 5.73 Å². The first kappa shape index (κ1) is 13.5. The van der Waals surface area contributed by atoms with Crippen LogP contribution in [-0.4, -0.2) is 15.8 Å². The molecule has 7 heteroatoms. The molecule has 0 saturated heterocycles. The van der Waals surface area contributed by atoms with Gasteiger partial charge in [0.15, 0.2) is 0 Å². The minimum atomic E-state index is -0.670. The van der Waals surface area contributed by atoms with E-state index in [1.165, 1.54) is 6.07 Å². The topological polar surface area (TPSA) is 111 Å². The third-order valence-electron chi connectivity index (χ3n) is 2.65. The number of nitrogen functional groups attached to an aromatic ring is 1. The Hall–Kier alpha value is -2.96. The predicted molar refractivity (Wildman–Crippen MR) is 74.4 cm³/mol. The quantitative estimate of drug-likeness (QED) is 0.656. The van der Waals surface area contributed by atoms with Crippen LogP contribution in [0.1, 0.15) is 15.9 Å². The second-order valence-corrected chi connectivity index (χ2v) is 4.20. The van der Waals surface area contributed by atoms with Gasteiger partial charge >= 0.3 is 0 Å². The van der Waals surface area contributed by atoms with Crippen molar-refractivity contribution in [3.05, 3.63) is 57.8 Å². The van der Waals surface area contributed by atoms with Crippen LogP contribution in [0.25, 0.3) is 0 Å². The van der Waals surface area contributed by atoms with Crippen LogP contribution in [0.4, 0.5) is 17.2 Å². The Balaban J connectivity index is 2.31. The fourth-order valence-electron chi connectivity index (χ4n) is 1.63. The molecule has 0 aliphatic heterocycles. The van der Waals surface area contributed by atoms with E-state index >= 15 is 0 Å². The number of rotatable bonds is 3. The molecule has 0 atom stereocenters. The van der Waals surface area contributed by atoms with Crippen LogP contribution < -0.4 is 11.1 Å². The van der Waals surface area contributed by atoms with Gasteiger partial charge in [0.25, 0.3) is 11.6 Å². The molecule has 1 amide bonds. The maximum atomic E-state index is 12.1. The van der Waals surface area contributed by atoms with Crippen LogP contribution in [0.3, 0.4) is 0 Å². The Morgan fingerprint density at radius 3 is 2.60 bits per heavy atom. The first-order valence-electron chi connectivity index (χ1n) is 5.75. The van der Waals surface area contributed by atoms with Crippen molar-refractivity contribution in [3.8, 4) is 0 Å². The van der Waals surface area contributed by atoms with E-state index < -0.39 is 10.8 Å². The van der Waals surface area contributed by atoms with E-state index in [2.05, 4.69) is 10.3 Å². The van der Waals surface area contributed by atoms with Crippen molar-refractivity contribution in [1.29, 1.82) is 0 Å². The van der Waals surface area contributed by atoms with Gasteiger partial charge in [-0.2, -0.15) is 0 Å². The van der Waals surface area contributed by atoms with Gasteiger partial charge in [0, 0.05) is 5.69 Å². The highest BCUT2D eigenvalue weighted by molar-refractivity contribution is 6.07. The van der Waals surface area contributed by atoms with Crippen LogP contribution in [-0.2, 0) is 0 Å². The molecule has 0 spiro atoms. The summed E-state index contributed by atoms with van der Waals surface area (Å²) in [5.41, 5.74) is 6.55. The van der Waals surface area contributed by atoms with Crippen molar-refractivity contribution in [2.45, 2.75) is 6.92 Å². The van der Waals surface area contributed by atoms with E-state index in [9.17, 15) is 14.9 Å². The van der Waals surface area contributed by atoms with Gasteiger partial charge in [-0.1, -0.05) is 17.7 Å². The lowest BCUT2D eigenvalue weighted by Crippen LogP contribution is -2.14. The van der Waals surface area contributed by atoms with Gasteiger partial charge in [-0.05, 0) is 25.1 Å². The molecule has 1 aromatic carbocycles. The molecule has 102 valence electrons. The number of anilines is 2. The number of nitrogens with two attached hydrogens (primary N) is 1. The lowest BCUT2D eigenvalue weighted by Gasteiger charge is -2.06. The Morgan fingerprint density at radius 2 is 2.00 bits per heavy atom. The van der Waals surface area contributed by atoms with Crippen LogP contribution >= 0.6 is 0 Å². The molecule has 7 nitrogen and oxygen atoms in total. The highest BCUT2D eigenvalue weighted by Gasteiger charge is 2.21. The molecule has 0 fully saturated rings. The summed E-state index contributed by atoms with van der Waals surface area (Å²) in [5.74, 6) is -0.556. The average molecular weight is 272 g/mol. The second kappa shape index (κ2) is 5.35. The molecule has 0 radical (unpaired) electrons.